The number of hydrogen-bond acceptors (Lipinski definition) is 4. The van der Waals surface area contributed by atoms with Crippen LogP contribution in [0.2, 0.25) is 0 Å². The van der Waals surface area contributed by atoms with Crippen molar-refractivity contribution in [3.05, 3.63) is 95.1 Å². The highest BCUT2D eigenvalue weighted by atomic mass is 15.1. The minimum Gasteiger partial charge on any atom is -0.315 e. The van der Waals surface area contributed by atoms with Crippen LogP contribution in [0.1, 0.15) is 53.9 Å². The predicted octanol–water partition coefficient (Wildman–Crippen LogP) is 5.01. The van der Waals surface area contributed by atoms with E-state index in [9.17, 15) is 0 Å². The Morgan fingerprint density at radius 2 is 1.58 bits per heavy atom. The predicted molar refractivity (Wildman–Crippen MR) is 136 cm³/mol. The molecule has 0 aliphatic carbocycles. The first kappa shape index (κ1) is 23.6. The summed E-state index contributed by atoms with van der Waals surface area (Å²) in [6, 6.07) is 22.0. The molecule has 4 rings (SSSR count). The second-order valence-corrected chi connectivity index (χ2v) is 9.20. The number of benzene rings is 1. The summed E-state index contributed by atoms with van der Waals surface area (Å²) in [5.74, 6) is 0. The first-order valence-electron chi connectivity index (χ1n) is 12.7. The Labute approximate surface area is 199 Å². The number of aryl methyl sites for hydroxylation is 3. The molecule has 0 radical (unpaired) electrons. The van der Waals surface area contributed by atoms with Gasteiger partial charge in [-0.3, -0.25) is 14.9 Å². The summed E-state index contributed by atoms with van der Waals surface area (Å²) >= 11 is 0. The molecule has 33 heavy (non-hydrogen) atoms. The molecule has 2 bridgehead atoms. The van der Waals surface area contributed by atoms with E-state index in [4.69, 9.17) is 4.98 Å². The minimum atomic E-state index is 0.998. The third-order valence-corrected chi connectivity index (χ3v) is 6.49. The summed E-state index contributed by atoms with van der Waals surface area (Å²) in [4.78, 5) is 11.9. The van der Waals surface area contributed by atoms with E-state index in [0.29, 0.717) is 0 Å². The third kappa shape index (κ3) is 8.38. The zero-order valence-electron chi connectivity index (χ0n) is 19.9. The van der Waals surface area contributed by atoms with Gasteiger partial charge >= 0.3 is 0 Å². The molecule has 4 heteroatoms. The lowest BCUT2D eigenvalue weighted by molar-refractivity contribution is 0.258. The molecule has 0 unspecified atom stereocenters. The van der Waals surface area contributed by atoms with Crippen molar-refractivity contribution in [1.82, 2.24) is 20.2 Å². The fourth-order valence-corrected chi connectivity index (χ4v) is 4.56. The van der Waals surface area contributed by atoms with Gasteiger partial charge in [-0.2, -0.15) is 0 Å². The third-order valence-electron chi connectivity index (χ3n) is 6.49. The molecule has 3 aromatic rings. The Morgan fingerprint density at radius 1 is 0.727 bits per heavy atom. The Bertz CT molecular complexity index is 910. The summed E-state index contributed by atoms with van der Waals surface area (Å²) in [6.07, 6.45) is 11.1. The minimum absolute atomic E-state index is 0.998. The van der Waals surface area contributed by atoms with E-state index in [1.165, 1.54) is 54.0 Å². The number of rotatable bonds is 6. The number of fused-ring (bicyclic) bond motifs is 2. The average molecular weight is 443 g/mol. The largest absolute Gasteiger partial charge is 0.315 e. The maximum atomic E-state index is 4.82. The number of nitrogens with zero attached hydrogens (tertiary/aromatic N) is 3. The molecule has 4 nitrogen and oxygen atoms in total. The van der Waals surface area contributed by atoms with Gasteiger partial charge in [0.25, 0.3) is 0 Å². The molecule has 0 saturated heterocycles. The molecule has 0 atom stereocenters. The molecule has 0 saturated carbocycles. The highest BCUT2D eigenvalue weighted by Gasteiger charge is 2.08. The molecule has 1 aromatic carbocycles. The van der Waals surface area contributed by atoms with Gasteiger partial charge in [0.05, 0.1) is 0 Å². The standard InChI is InChI=1S/C29H38N4/c1-2-10-28-12-7-13-29(32-28)18-20-30-21-23-33(22-5-1)24-26-16-14-25(15-17-26)8-6-11-27-9-3-4-19-31-27/h3-4,7,9,12-17,19,30H,1-2,5-6,8,10-11,18,20-24H2. The zero-order chi connectivity index (χ0) is 22.6. The van der Waals surface area contributed by atoms with Crippen LogP contribution in [0.4, 0.5) is 0 Å². The van der Waals surface area contributed by atoms with Gasteiger partial charge in [-0.05, 0) is 80.5 Å². The SMILES string of the molecule is c1ccc(CCCc2ccc(CN3CCCCCc4cccc(n4)CCNCC3)cc2)nc1. The van der Waals surface area contributed by atoms with Crippen LogP contribution in [0, 0.1) is 0 Å². The van der Waals surface area contributed by atoms with Crippen LogP contribution < -0.4 is 5.32 Å². The first-order chi connectivity index (χ1) is 16.3. The fourth-order valence-electron chi connectivity index (χ4n) is 4.56. The average Bonchev–Trinajstić information content (AvgIpc) is 2.85. The van der Waals surface area contributed by atoms with E-state index in [2.05, 4.69) is 69.8 Å². The van der Waals surface area contributed by atoms with Crippen molar-refractivity contribution in [2.75, 3.05) is 26.2 Å². The van der Waals surface area contributed by atoms with E-state index in [1.54, 1.807) is 0 Å². The lowest BCUT2D eigenvalue weighted by atomic mass is 10.0. The number of hydrogen-bond donors (Lipinski definition) is 1. The summed E-state index contributed by atoms with van der Waals surface area (Å²) in [7, 11) is 0. The van der Waals surface area contributed by atoms with Crippen molar-refractivity contribution in [3.8, 4) is 0 Å². The zero-order valence-corrected chi connectivity index (χ0v) is 19.9. The fraction of sp³-hybridized carbons (Fsp3) is 0.448. The second kappa shape index (κ2) is 13.2. The summed E-state index contributed by atoms with van der Waals surface area (Å²) in [5.41, 5.74) is 6.50. The van der Waals surface area contributed by atoms with E-state index < -0.39 is 0 Å². The number of nitrogens with one attached hydrogen (secondary N) is 1. The Hall–Kier alpha value is -2.56. The highest BCUT2D eigenvalue weighted by molar-refractivity contribution is 5.23. The monoisotopic (exact) mass is 442 g/mol. The van der Waals surface area contributed by atoms with Crippen LogP contribution >= 0.6 is 0 Å². The van der Waals surface area contributed by atoms with Gasteiger partial charge in [-0.15, -0.1) is 0 Å². The Kier molecular flexibility index (Phi) is 9.45. The molecule has 0 amide bonds. The molecular weight excluding hydrogens is 404 g/mol. The van der Waals surface area contributed by atoms with E-state index in [0.717, 1.165) is 58.3 Å². The van der Waals surface area contributed by atoms with Crippen LogP contribution in [0.15, 0.2) is 66.9 Å². The van der Waals surface area contributed by atoms with Gasteiger partial charge < -0.3 is 5.32 Å². The van der Waals surface area contributed by atoms with Crippen LogP contribution in [-0.2, 0) is 32.2 Å². The quantitative estimate of drug-likeness (QED) is 0.582. The maximum absolute atomic E-state index is 4.82. The van der Waals surface area contributed by atoms with E-state index >= 15 is 0 Å². The van der Waals surface area contributed by atoms with Gasteiger partial charge in [0.2, 0.25) is 0 Å². The van der Waals surface area contributed by atoms with Crippen molar-refractivity contribution in [1.29, 1.82) is 0 Å². The smallest absolute Gasteiger partial charge is 0.0419 e. The van der Waals surface area contributed by atoms with Gasteiger partial charge in [0, 0.05) is 55.9 Å². The summed E-state index contributed by atoms with van der Waals surface area (Å²) in [6.45, 7) is 5.33. The van der Waals surface area contributed by atoms with Crippen molar-refractivity contribution in [2.24, 2.45) is 0 Å². The molecule has 3 heterocycles. The van der Waals surface area contributed by atoms with Gasteiger partial charge in [0.1, 0.15) is 0 Å². The van der Waals surface area contributed by atoms with Crippen molar-refractivity contribution in [2.45, 2.75) is 57.9 Å². The summed E-state index contributed by atoms with van der Waals surface area (Å²) in [5, 5.41) is 3.62. The number of aromatic nitrogens is 2. The van der Waals surface area contributed by atoms with Crippen LogP contribution in [-0.4, -0.2) is 41.0 Å². The number of pyridine rings is 2. The van der Waals surface area contributed by atoms with Crippen molar-refractivity contribution in [3.63, 3.8) is 0 Å². The molecular formula is C29H38N4. The molecule has 0 fully saturated rings. The molecule has 174 valence electrons. The van der Waals surface area contributed by atoms with E-state index in [-0.39, 0.29) is 0 Å². The van der Waals surface area contributed by atoms with Crippen LogP contribution in [0.3, 0.4) is 0 Å². The summed E-state index contributed by atoms with van der Waals surface area (Å²) < 4.78 is 0. The highest BCUT2D eigenvalue weighted by Crippen LogP contribution is 2.13. The topological polar surface area (TPSA) is 41.1 Å². The molecule has 1 aliphatic heterocycles. The maximum Gasteiger partial charge on any atom is 0.0419 e. The Balaban J connectivity index is 1.24. The van der Waals surface area contributed by atoms with E-state index in [1.807, 2.05) is 12.3 Å². The van der Waals surface area contributed by atoms with Crippen LogP contribution in [0.5, 0.6) is 0 Å². The molecule has 0 spiro atoms. The molecule has 1 aliphatic rings. The van der Waals surface area contributed by atoms with Crippen molar-refractivity contribution < 1.29 is 0 Å². The van der Waals surface area contributed by atoms with Crippen LogP contribution in [0.25, 0.3) is 0 Å². The lowest BCUT2D eigenvalue weighted by Crippen LogP contribution is -2.33. The van der Waals surface area contributed by atoms with Gasteiger partial charge in [-0.25, -0.2) is 0 Å². The van der Waals surface area contributed by atoms with Crippen molar-refractivity contribution >= 4 is 0 Å². The normalized spacial score (nSPS) is 16.2. The second-order valence-electron chi connectivity index (χ2n) is 9.20. The van der Waals surface area contributed by atoms with Gasteiger partial charge in [-0.1, -0.05) is 42.8 Å². The molecule has 1 N–H and O–H groups in total. The lowest BCUT2D eigenvalue weighted by Gasteiger charge is -2.23. The Morgan fingerprint density at radius 3 is 2.42 bits per heavy atom. The van der Waals surface area contributed by atoms with Gasteiger partial charge in [0.15, 0.2) is 0 Å². The molecule has 2 aromatic heterocycles. The first-order valence-corrected chi connectivity index (χ1v) is 12.7.